The molecule has 0 fully saturated rings. The zero-order valence-electron chi connectivity index (χ0n) is 27.5. The Kier molecular flexibility index (Phi) is 7.00. The minimum atomic E-state index is 0.647. The van der Waals surface area contributed by atoms with Crippen LogP contribution in [0, 0.1) is 0 Å². The highest BCUT2D eigenvalue weighted by Crippen LogP contribution is 2.46. The Morgan fingerprint density at radius 3 is 1.65 bits per heavy atom. The predicted octanol–water partition coefficient (Wildman–Crippen LogP) is 12.9. The van der Waals surface area contributed by atoms with E-state index in [9.17, 15) is 0 Å². The zero-order chi connectivity index (χ0) is 33.7. The van der Waals surface area contributed by atoms with E-state index in [2.05, 4.69) is 152 Å². The number of aromatic nitrogens is 3. The summed E-state index contributed by atoms with van der Waals surface area (Å²) in [6.07, 6.45) is 0. The standard InChI is InChI=1S/C47H29N3S/c1-4-14-30(15-5-1)33-21-12-22-35(28-33)46-48-45(32-18-8-3-9-19-32)49-47(50-46)41-29-34-20-10-11-23-36(34)42-38(41)26-27-40-39-25-13-24-37(43(39)51-44(40)42)31-16-6-2-7-17-31/h1-29H. The predicted molar refractivity (Wildman–Crippen MR) is 215 cm³/mol. The third kappa shape index (κ3) is 5.08. The molecule has 0 saturated carbocycles. The molecule has 0 atom stereocenters. The maximum atomic E-state index is 5.25. The molecule has 0 spiro atoms. The van der Waals surface area contributed by atoms with E-state index in [1.165, 1.54) is 42.1 Å². The van der Waals surface area contributed by atoms with Crippen LogP contribution in [0.2, 0.25) is 0 Å². The first kappa shape index (κ1) is 29.4. The minimum Gasteiger partial charge on any atom is -0.208 e. The first-order valence-corrected chi connectivity index (χ1v) is 17.9. The summed E-state index contributed by atoms with van der Waals surface area (Å²) >= 11 is 1.88. The molecule has 0 radical (unpaired) electrons. The summed E-state index contributed by atoms with van der Waals surface area (Å²) in [7, 11) is 0. The van der Waals surface area contributed by atoms with Crippen molar-refractivity contribution in [1.82, 2.24) is 15.0 Å². The molecule has 0 aliphatic rings. The largest absolute Gasteiger partial charge is 0.208 e. The van der Waals surface area contributed by atoms with Gasteiger partial charge in [-0.05, 0) is 50.5 Å². The molecular formula is C47H29N3S. The van der Waals surface area contributed by atoms with Crippen LogP contribution in [0.1, 0.15) is 0 Å². The van der Waals surface area contributed by atoms with E-state index in [1.807, 2.05) is 35.6 Å². The Morgan fingerprint density at radius 2 is 0.863 bits per heavy atom. The smallest absolute Gasteiger partial charge is 0.164 e. The summed E-state index contributed by atoms with van der Waals surface area (Å²) < 4.78 is 2.57. The van der Waals surface area contributed by atoms with Crippen molar-refractivity contribution in [2.24, 2.45) is 0 Å². The maximum Gasteiger partial charge on any atom is 0.164 e. The molecule has 3 nitrogen and oxygen atoms in total. The van der Waals surface area contributed by atoms with Gasteiger partial charge in [0.2, 0.25) is 0 Å². The molecule has 0 aliphatic heterocycles. The molecule has 2 heterocycles. The van der Waals surface area contributed by atoms with Crippen LogP contribution in [0.5, 0.6) is 0 Å². The lowest BCUT2D eigenvalue weighted by Crippen LogP contribution is -2.01. The van der Waals surface area contributed by atoms with Crippen molar-refractivity contribution in [3.63, 3.8) is 0 Å². The molecule has 0 unspecified atom stereocenters. The molecular weight excluding hydrogens is 639 g/mol. The van der Waals surface area contributed by atoms with Gasteiger partial charge >= 0.3 is 0 Å². The quantitative estimate of drug-likeness (QED) is 0.171. The van der Waals surface area contributed by atoms with Crippen molar-refractivity contribution in [3.05, 3.63) is 176 Å². The van der Waals surface area contributed by atoms with Crippen LogP contribution in [0.3, 0.4) is 0 Å². The van der Waals surface area contributed by atoms with Crippen LogP contribution < -0.4 is 0 Å². The van der Waals surface area contributed by atoms with Crippen molar-refractivity contribution in [1.29, 1.82) is 0 Å². The summed E-state index contributed by atoms with van der Waals surface area (Å²) in [6, 6.07) is 62.0. The van der Waals surface area contributed by atoms with Crippen LogP contribution in [-0.4, -0.2) is 15.0 Å². The van der Waals surface area contributed by atoms with Gasteiger partial charge in [0.1, 0.15) is 0 Å². The number of hydrogen-bond acceptors (Lipinski definition) is 4. The van der Waals surface area contributed by atoms with E-state index in [0.29, 0.717) is 17.5 Å². The van der Waals surface area contributed by atoms with Crippen LogP contribution in [-0.2, 0) is 0 Å². The average Bonchev–Trinajstić information content (AvgIpc) is 3.60. The Balaban J connectivity index is 1.25. The Bertz CT molecular complexity index is 2900. The van der Waals surface area contributed by atoms with Crippen molar-refractivity contribution in [3.8, 4) is 56.4 Å². The van der Waals surface area contributed by atoms with Crippen LogP contribution in [0.25, 0.3) is 98.1 Å². The first-order valence-electron chi connectivity index (χ1n) is 17.1. The molecule has 4 heteroatoms. The highest BCUT2D eigenvalue weighted by atomic mass is 32.1. The molecule has 238 valence electrons. The third-order valence-electron chi connectivity index (χ3n) is 9.71. The number of benzene rings is 8. The van der Waals surface area contributed by atoms with Gasteiger partial charge in [-0.1, -0.05) is 164 Å². The molecule has 0 saturated heterocycles. The normalized spacial score (nSPS) is 11.5. The van der Waals surface area contributed by atoms with Crippen LogP contribution >= 0.6 is 11.3 Å². The van der Waals surface area contributed by atoms with Gasteiger partial charge < -0.3 is 0 Å². The maximum absolute atomic E-state index is 5.25. The Hall–Kier alpha value is -6.49. The molecule has 10 aromatic rings. The summed E-state index contributed by atoms with van der Waals surface area (Å²) in [5.41, 5.74) is 7.65. The Labute approximate surface area is 299 Å². The minimum absolute atomic E-state index is 0.647. The Morgan fingerprint density at radius 1 is 0.314 bits per heavy atom. The molecule has 2 aromatic heterocycles. The molecule has 51 heavy (non-hydrogen) atoms. The fraction of sp³-hybridized carbons (Fsp3) is 0. The summed E-state index contributed by atoms with van der Waals surface area (Å²) in [4.78, 5) is 15.5. The van der Waals surface area contributed by atoms with E-state index >= 15 is 0 Å². The third-order valence-corrected chi connectivity index (χ3v) is 11.0. The van der Waals surface area contributed by atoms with Gasteiger partial charge in [0.15, 0.2) is 17.5 Å². The monoisotopic (exact) mass is 667 g/mol. The number of nitrogens with zero attached hydrogens (tertiary/aromatic N) is 3. The summed E-state index contributed by atoms with van der Waals surface area (Å²) in [5, 5.41) is 7.28. The van der Waals surface area contributed by atoms with Crippen molar-refractivity contribution >= 4 is 53.1 Å². The van der Waals surface area contributed by atoms with Gasteiger partial charge in [0.05, 0.1) is 0 Å². The topological polar surface area (TPSA) is 38.7 Å². The van der Waals surface area contributed by atoms with Gasteiger partial charge in [0.25, 0.3) is 0 Å². The van der Waals surface area contributed by atoms with Crippen molar-refractivity contribution in [2.45, 2.75) is 0 Å². The SMILES string of the molecule is c1ccc(-c2cccc(-c3nc(-c4ccccc4)nc(-c4cc5ccccc5c5c4ccc4c6cccc(-c7ccccc7)c6sc45)n3)c2)cc1. The lowest BCUT2D eigenvalue weighted by Gasteiger charge is -2.13. The van der Waals surface area contributed by atoms with Gasteiger partial charge in [-0.15, -0.1) is 11.3 Å². The fourth-order valence-electron chi connectivity index (χ4n) is 7.28. The second-order valence-electron chi connectivity index (χ2n) is 12.8. The summed E-state index contributed by atoms with van der Waals surface area (Å²) in [5.74, 6) is 1.95. The van der Waals surface area contributed by atoms with E-state index in [-0.39, 0.29) is 0 Å². The van der Waals surface area contributed by atoms with Gasteiger partial charge in [-0.25, -0.2) is 15.0 Å². The van der Waals surface area contributed by atoms with Gasteiger partial charge in [-0.2, -0.15) is 0 Å². The fourth-order valence-corrected chi connectivity index (χ4v) is 8.68. The molecule has 8 aromatic carbocycles. The van der Waals surface area contributed by atoms with Crippen molar-refractivity contribution in [2.75, 3.05) is 0 Å². The molecule has 10 rings (SSSR count). The second kappa shape index (κ2) is 12.1. The second-order valence-corrected chi connectivity index (χ2v) is 13.8. The van der Waals surface area contributed by atoms with E-state index in [0.717, 1.165) is 38.6 Å². The first-order chi connectivity index (χ1) is 25.3. The lowest BCUT2D eigenvalue weighted by molar-refractivity contribution is 1.08. The lowest BCUT2D eigenvalue weighted by atomic mass is 9.94. The molecule has 0 amide bonds. The van der Waals surface area contributed by atoms with E-state index in [4.69, 9.17) is 15.0 Å². The average molecular weight is 668 g/mol. The van der Waals surface area contributed by atoms with Gasteiger partial charge in [-0.3, -0.25) is 0 Å². The molecule has 0 N–H and O–H groups in total. The number of hydrogen-bond donors (Lipinski definition) is 0. The zero-order valence-corrected chi connectivity index (χ0v) is 28.3. The highest BCUT2D eigenvalue weighted by molar-refractivity contribution is 7.27. The van der Waals surface area contributed by atoms with E-state index in [1.54, 1.807) is 0 Å². The number of rotatable bonds is 5. The molecule has 0 aliphatic carbocycles. The van der Waals surface area contributed by atoms with E-state index < -0.39 is 0 Å². The van der Waals surface area contributed by atoms with Gasteiger partial charge in [0, 0.05) is 42.2 Å². The van der Waals surface area contributed by atoms with Crippen LogP contribution in [0.4, 0.5) is 0 Å². The number of fused-ring (bicyclic) bond motifs is 7. The van der Waals surface area contributed by atoms with Crippen LogP contribution in [0.15, 0.2) is 176 Å². The van der Waals surface area contributed by atoms with Crippen molar-refractivity contribution < 1.29 is 0 Å². The highest BCUT2D eigenvalue weighted by Gasteiger charge is 2.20. The molecule has 0 bridgehead atoms. The number of thiophene rings is 1. The summed E-state index contributed by atoms with van der Waals surface area (Å²) in [6.45, 7) is 0.